The first kappa shape index (κ1) is 19.3. The molecule has 0 saturated carbocycles. The van der Waals surface area contributed by atoms with E-state index in [1.165, 1.54) is 11.2 Å². The monoisotopic (exact) mass is 399 g/mol. The van der Waals surface area contributed by atoms with Crippen LogP contribution in [0.2, 0.25) is 0 Å². The Labute approximate surface area is 173 Å². The minimum atomic E-state index is -0.134. The van der Waals surface area contributed by atoms with E-state index in [-0.39, 0.29) is 11.5 Å². The summed E-state index contributed by atoms with van der Waals surface area (Å²) in [6.07, 6.45) is 3.19. The van der Waals surface area contributed by atoms with Crippen LogP contribution in [0, 0.1) is 0 Å². The minimum Gasteiger partial charge on any atom is -0.384 e. The Bertz CT molecular complexity index is 1310. The number of hydrogen-bond acceptors (Lipinski definition) is 5. The van der Waals surface area contributed by atoms with Gasteiger partial charge in [0.1, 0.15) is 5.82 Å². The average Bonchev–Trinajstić information content (AvgIpc) is 2.75. The Balaban J connectivity index is 1.68. The molecule has 2 heterocycles. The Kier molecular flexibility index (Phi) is 5.02. The van der Waals surface area contributed by atoms with Gasteiger partial charge in [0, 0.05) is 25.9 Å². The average molecular weight is 399 g/mol. The molecule has 150 valence electrons. The van der Waals surface area contributed by atoms with E-state index in [1.807, 2.05) is 30.3 Å². The maximum absolute atomic E-state index is 13.0. The molecule has 0 bridgehead atoms. The summed E-state index contributed by atoms with van der Waals surface area (Å²) in [4.78, 5) is 35.2. The Morgan fingerprint density at radius 3 is 2.60 bits per heavy atom. The highest BCUT2D eigenvalue weighted by molar-refractivity contribution is 5.94. The van der Waals surface area contributed by atoms with Crippen molar-refractivity contribution in [1.29, 1.82) is 0 Å². The van der Waals surface area contributed by atoms with Crippen molar-refractivity contribution < 1.29 is 4.79 Å². The van der Waals surface area contributed by atoms with Gasteiger partial charge in [-0.1, -0.05) is 18.2 Å². The summed E-state index contributed by atoms with van der Waals surface area (Å²) < 4.78 is 1.55. The van der Waals surface area contributed by atoms with Crippen molar-refractivity contribution in [3.63, 3.8) is 0 Å². The van der Waals surface area contributed by atoms with Gasteiger partial charge in [0.05, 0.1) is 23.8 Å². The number of anilines is 1. The van der Waals surface area contributed by atoms with Gasteiger partial charge in [0.2, 0.25) is 0 Å². The van der Waals surface area contributed by atoms with E-state index in [1.54, 1.807) is 49.1 Å². The lowest BCUT2D eigenvalue weighted by Gasteiger charge is -2.12. The predicted octanol–water partition coefficient (Wildman–Crippen LogP) is 2.79. The zero-order valence-corrected chi connectivity index (χ0v) is 16.7. The second-order valence-corrected chi connectivity index (χ2v) is 7.28. The third-order valence-electron chi connectivity index (χ3n) is 4.87. The first-order valence-electron chi connectivity index (χ1n) is 9.44. The Hall–Kier alpha value is -4.00. The molecule has 0 aliphatic rings. The molecule has 0 saturated heterocycles. The van der Waals surface area contributed by atoms with Crippen molar-refractivity contribution in [3.05, 3.63) is 88.6 Å². The number of benzene rings is 2. The SMILES string of the molecule is CN(C)C(=O)c1cccc(Cn2cnc3cc(-c4ccnc(N)c4)ccc3c2=O)c1. The molecule has 0 fully saturated rings. The summed E-state index contributed by atoms with van der Waals surface area (Å²) in [5.41, 5.74) is 9.51. The standard InChI is InChI=1S/C23H21N5O2/c1-27(2)22(29)18-5-3-4-15(10-18)13-28-14-26-20-11-16(6-7-19(20)23(28)30)17-8-9-25-21(24)12-17/h3-12,14H,13H2,1-2H3,(H2,24,25). The highest BCUT2D eigenvalue weighted by atomic mass is 16.2. The normalized spacial score (nSPS) is 10.9. The molecular formula is C23H21N5O2. The molecule has 30 heavy (non-hydrogen) atoms. The quantitative estimate of drug-likeness (QED) is 0.569. The van der Waals surface area contributed by atoms with Gasteiger partial charge in [-0.15, -0.1) is 0 Å². The predicted molar refractivity (Wildman–Crippen MR) is 117 cm³/mol. The second-order valence-electron chi connectivity index (χ2n) is 7.28. The van der Waals surface area contributed by atoms with Gasteiger partial charge < -0.3 is 10.6 Å². The molecular weight excluding hydrogens is 378 g/mol. The Morgan fingerprint density at radius 1 is 1.03 bits per heavy atom. The summed E-state index contributed by atoms with van der Waals surface area (Å²) in [6.45, 7) is 0.332. The molecule has 0 spiro atoms. The summed E-state index contributed by atoms with van der Waals surface area (Å²) >= 11 is 0. The topological polar surface area (TPSA) is 94.1 Å². The van der Waals surface area contributed by atoms with E-state index < -0.39 is 0 Å². The van der Waals surface area contributed by atoms with E-state index in [0.29, 0.717) is 28.8 Å². The van der Waals surface area contributed by atoms with Crippen LogP contribution in [0.1, 0.15) is 15.9 Å². The number of rotatable bonds is 4. The van der Waals surface area contributed by atoms with Crippen molar-refractivity contribution in [2.24, 2.45) is 0 Å². The molecule has 2 N–H and O–H groups in total. The van der Waals surface area contributed by atoms with Crippen LogP contribution in [0.25, 0.3) is 22.0 Å². The lowest BCUT2D eigenvalue weighted by Crippen LogP contribution is -2.23. The zero-order valence-electron chi connectivity index (χ0n) is 16.7. The van der Waals surface area contributed by atoms with Crippen molar-refractivity contribution in [1.82, 2.24) is 19.4 Å². The van der Waals surface area contributed by atoms with Crippen molar-refractivity contribution >= 4 is 22.6 Å². The number of pyridine rings is 1. The van der Waals surface area contributed by atoms with Crippen LogP contribution in [-0.4, -0.2) is 39.4 Å². The molecule has 0 atom stereocenters. The highest BCUT2D eigenvalue weighted by Crippen LogP contribution is 2.23. The van der Waals surface area contributed by atoms with Gasteiger partial charge >= 0.3 is 0 Å². The number of aromatic nitrogens is 3. The fourth-order valence-corrected chi connectivity index (χ4v) is 3.34. The molecule has 2 aromatic carbocycles. The number of fused-ring (bicyclic) bond motifs is 1. The molecule has 0 radical (unpaired) electrons. The molecule has 4 aromatic rings. The smallest absolute Gasteiger partial charge is 0.261 e. The molecule has 4 rings (SSSR count). The van der Waals surface area contributed by atoms with Gasteiger partial charge in [-0.05, 0) is 53.1 Å². The molecule has 7 heteroatoms. The molecule has 0 aliphatic heterocycles. The second kappa shape index (κ2) is 7.79. The van der Waals surface area contributed by atoms with E-state index in [0.717, 1.165) is 16.7 Å². The van der Waals surface area contributed by atoms with E-state index in [2.05, 4.69) is 9.97 Å². The summed E-state index contributed by atoms with van der Waals surface area (Å²) in [7, 11) is 3.42. The third kappa shape index (κ3) is 3.77. The van der Waals surface area contributed by atoms with Gasteiger partial charge in [-0.25, -0.2) is 9.97 Å². The lowest BCUT2D eigenvalue weighted by molar-refractivity contribution is 0.0827. The van der Waals surface area contributed by atoms with E-state index >= 15 is 0 Å². The minimum absolute atomic E-state index is 0.0786. The molecule has 7 nitrogen and oxygen atoms in total. The van der Waals surface area contributed by atoms with Crippen LogP contribution >= 0.6 is 0 Å². The molecule has 2 aromatic heterocycles. The molecule has 1 amide bonds. The zero-order chi connectivity index (χ0) is 21.3. The highest BCUT2D eigenvalue weighted by Gasteiger charge is 2.10. The number of nitrogens with two attached hydrogens (primary N) is 1. The third-order valence-corrected chi connectivity index (χ3v) is 4.87. The van der Waals surface area contributed by atoms with Crippen molar-refractivity contribution in [2.75, 3.05) is 19.8 Å². The summed E-state index contributed by atoms with van der Waals surface area (Å²) in [6, 6.07) is 16.4. The van der Waals surface area contributed by atoms with Gasteiger partial charge in [0.15, 0.2) is 0 Å². The van der Waals surface area contributed by atoms with Crippen LogP contribution in [0.3, 0.4) is 0 Å². The number of hydrogen-bond donors (Lipinski definition) is 1. The maximum Gasteiger partial charge on any atom is 0.261 e. The fraction of sp³-hybridized carbons (Fsp3) is 0.130. The van der Waals surface area contributed by atoms with Crippen LogP contribution < -0.4 is 11.3 Å². The van der Waals surface area contributed by atoms with Crippen molar-refractivity contribution in [2.45, 2.75) is 6.54 Å². The first-order valence-corrected chi connectivity index (χ1v) is 9.44. The van der Waals surface area contributed by atoms with Gasteiger partial charge in [-0.3, -0.25) is 14.2 Å². The van der Waals surface area contributed by atoms with Crippen LogP contribution in [-0.2, 0) is 6.54 Å². The fourth-order valence-electron chi connectivity index (χ4n) is 3.34. The summed E-state index contributed by atoms with van der Waals surface area (Å²) in [5.74, 6) is 0.357. The van der Waals surface area contributed by atoms with Crippen LogP contribution in [0.15, 0.2) is 71.9 Å². The van der Waals surface area contributed by atoms with Crippen LogP contribution in [0.4, 0.5) is 5.82 Å². The maximum atomic E-state index is 13.0. The van der Waals surface area contributed by atoms with Gasteiger partial charge in [0.25, 0.3) is 11.5 Å². The largest absolute Gasteiger partial charge is 0.384 e. The first-order chi connectivity index (χ1) is 14.4. The number of amides is 1. The van der Waals surface area contributed by atoms with Gasteiger partial charge in [-0.2, -0.15) is 0 Å². The van der Waals surface area contributed by atoms with Crippen molar-refractivity contribution in [3.8, 4) is 11.1 Å². The number of nitrogen functional groups attached to an aromatic ring is 1. The molecule has 0 unspecified atom stereocenters. The van der Waals surface area contributed by atoms with E-state index in [4.69, 9.17) is 5.73 Å². The number of nitrogens with zero attached hydrogens (tertiary/aromatic N) is 4. The summed E-state index contributed by atoms with van der Waals surface area (Å²) in [5, 5.41) is 0.531. The van der Waals surface area contributed by atoms with E-state index in [9.17, 15) is 9.59 Å². The molecule has 0 aliphatic carbocycles. The number of carbonyl (C=O) groups is 1. The lowest BCUT2D eigenvalue weighted by atomic mass is 10.1. The Morgan fingerprint density at radius 2 is 1.83 bits per heavy atom. The number of carbonyl (C=O) groups excluding carboxylic acids is 1. The van der Waals surface area contributed by atoms with Crippen LogP contribution in [0.5, 0.6) is 0 Å².